The molecule has 2 aromatic heterocycles. The van der Waals surface area contributed by atoms with Gasteiger partial charge in [0.15, 0.2) is 0 Å². The maximum Gasteiger partial charge on any atom is 0.202 e. The third kappa shape index (κ3) is 4.10. The predicted molar refractivity (Wildman–Crippen MR) is 117 cm³/mol. The van der Waals surface area contributed by atoms with E-state index < -0.39 is 0 Å². The second kappa shape index (κ2) is 8.79. The monoisotopic (exact) mass is 426 g/mol. The number of rotatable bonds is 3. The van der Waals surface area contributed by atoms with E-state index in [9.17, 15) is 0 Å². The first-order valence-electron chi connectivity index (χ1n) is 10.4. The highest BCUT2D eigenvalue weighted by Crippen LogP contribution is 2.36. The summed E-state index contributed by atoms with van der Waals surface area (Å²) in [6.07, 6.45) is 3.42. The van der Waals surface area contributed by atoms with E-state index in [2.05, 4.69) is 46.7 Å². The van der Waals surface area contributed by atoms with E-state index in [1.165, 1.54) is 5.56 Å². The van der Waals surface area contributed by atoms with Crippen LogP contribution in [0, 0.1) is 13.8 Å². The molecule has 158 valence electrons. The van der Waals surface area contributed by atoms with Crippen molar-refractivity contribution in [3.63, 3.8) is 0 Å². The molecule has 0 radical (unpaired) electrons. The molecule has 30 heavy (non-hydrogen) atoms. The number of halogens is 1. The van der Waals surface area contributed by atoms with Crippen molar-refractivity contribution in [3.05, 3.63) is 53.5 Å². The van der Waals surface area contributed by atoms with Crippen LogP contribution in [0.4, 0.5) is 0 Å². The average Bonchev–Trinajstić information content (AvgIpc) is 3.19. The molecule has 3 aromatic rings. The lowest BCUT2D eigenvalue weighted by Crippen LogP contribution is -2.51. The Balaban J connectivity index is 0.00000218. The van der Waals surface area contributed by atoms with Gasteiger partial charge in [-0.1, -0.05) is 12.1 Å². The molecule has 3 heterocycles. The zero-order chi connectivity index (χ0) is 19.8. The van der Waals surface area contributed by atoms with Crippen molar-refractivity contribution >= 4 is 12.4 Å². The normalized spacial score (nSPS) is 23.5. The first kappa shape index (κ1) is 20.9. The molecule has 8 heteroatoms. The fraction of sp³-hybridized carbons (Fsp3) is 0.455. The summed E-state index contributed by atoms with van der Waals surface area (Å²) in [5.74, 6) is 1.95. The zero-order valence-electron chi connectivity index (χ0n) is 17.3. The fourth-order valence-corrected chi connectivity index (χ4v) is 4.41. The number of fused-ring (bicyclic) bond motifs is 1. The Morgan fingerprint density at radius 2 is 2.00 bits per heavy atom. The lowest BCUT2D eigenvalue weighted by molar-refractivity contribution is -0.0280. The number of nitrogens with zero attached hydrogens (tertiary/aromatic N) is 5. The number of nitrogens with one attached hydrogen (secondary N) is 1. The van der Waals surface area contributed by atoms with Gasteiger partial charge in [0, 0.05) is 18.5 Å². The molecule has 1 aliphatic heterocycles. The Hall–Kier alpha value is -2.35. The van der Waals surface area contributed by atoms with Gasteiger partial charge in [-0.2, -0.15) is 5.10 Å². The van der Waals surface area contributed by atoms with Crippen molar-refractivity contribution < 1.29 is 4.74 Å². The molecular weight excluding hydrogens is 400 g/mol. The van der Waals surface area contributed by atoms with Gasteiger partial charge < -0.3 is 10.1 Å². The number of benzene rings is 1. The van der Waals surface area contributed by atoms with Crippen molar-refractivity contribution in [2.24, 2.45) is 0 Å². The van der Waals surface area contributed by atoms with E-state index in [4.69, 9.17) is 14.8 Å². The molecule has 2 fully saturated rings. The molecule has 5 rings (SSSR count). The number of aromatic nitrogens is 5. The summed E-state index contributed by atoms with van der Waals surface area (Å²) in [7, 11) is 0. The summed E-state index contributed by atoms with van der Waals surface area (Å²) < 4.78 is 7.96. The second-order valence-electron chi connectivity index (χ2n) is 8.08. The van der Waals surface area contributed by atoms with Crippen LogP contribution in [0.25, 0.3) is 17.2 Å². The van der Waals surface area contributed by atoms with Crippen molar-refractivity contribution in [2.45, 2.75) is 51.2 Å². The van der Waals surface area contributed by atoms with Crippen molar-refractivity contribution in [1.82, 2.24) is 30.3 Å². The smallest absolute Gasteiger partial charge is 0.202 e. The number of aryl methyl sites for hydroxylation is 2. The second-order valence-corrected chi connectivity index (χ2v) is 8.08. The number of hydrogen-bond donors (Lipinski definition) is 1. The molecule has 0 unspecified atom stereocenters. The van der Waals surface area contributed by atoms with E-state index in [0.29, 0.717) is 29.6 Å². The third-order valence-corrected chi connectivity index (χ3v) is 5.90. The first-order chi connectivity index (χ1) is 14.2. The molecule has 0 spiro atoms. The van der Waals surface area contributed by atoms with Gasteiger partial charge in [0.2, 0.25) is 5.82 Å². The minimum atomic E-state index is 0. The van der Waals surface area contributed by atoms with E-state index in [-0.39, 0.29) is 12.4 Å². The molecule has 1 saturated heterocycles. The van der Waals surface area contributed by atoms with Gasteiger partial charge in [-0.3, -0.25) is 0 Å². The van der Waals surface area contributed by atoms with Crippen LogP contribution in [0.2, 0.25) is 0 Å². The van der Waals surface area contributed by atoms with Gasteiger partial charge in [-0.25, -0.2) is 9.67 Å². The highest BCUT2D eigenvalue weighted by Gasteiger charge is 2.36. The highest BCUT2D eigenvalue weighted by molar-refractivity contribution is 5.85. The molecule has 0 bridgehead atoms. The van der Waals surface area contributed by atoms with E-state index in [1.54, 1.807) is 0 Å². The van der Waals surface area contributed by atoms with E-state index >= 15 is 0 Å². The maximum atomic E-state index is 5.96. The van der Waals surface area contributed by atoms with Crippen LogP contribution >= 0.6 is 12.4 Å². The van der Waals surface area contributed by atoms with Crippen molar-refractivity contribution in [2.75, 3.05) is 13.2 Å². The molecule has 2 aliphatic rings. The Morgan fingerprint density at radius 1 is 1.10 bits per heavy atom. The summed E-state index contributed by atoms with van der Waals surface area (Å²) >= 11 is 0. The van der Waals surface area contributed by atoms with Crippen molar-refractivity contribution in [1.29, 1.82) is 0 Å². The lowest BCUT2D eigenvalue weighted by atomic mass is 9.82. The minimum Gasteiger partial charge on any atom is -0.375 e. The molecule has 7 nitrogen and oxygen atoms in total. The first-order valence-corrected chi connectivity index (χ1v) is 10.4. The number of morpholine rings is 1. The van der Waals surface area contributed by atoms with Crippen LogP contribution in [0.15, 0.2) is 36.4 Å². The van der Waals surface area contributed by atoms with Gasteiger partial charge in [0.1, 0.15) is 11.5 Å². The van der Waals surface area contributed by atoms with Crippen LogP contribution in [-0.4, -0.2) is 50.3 Å². The maximum absolute atomic E-state index is 5.96. The SMILES string of the molecule is Cc1cccc(-n2nc(-c3ccc(C)nn3)nc2[C@H]2CC[C@H]3OCCN[C@@H]3C2)c1.Cl. The molecule has 1 saturated carbocycles. The van der Waals surface area contributed by atoms with Gasteiger partial charge in [0.25, 0.3) is 0 Å². The van der Waals surface area contributed by atoms with Crippen LogP contribution < -0.4 is 5.32 Å². The molecule has 1 aromatic carbocycles. The molecule has 3 atom stereocenters. The van der Waals surface area contributed by atoms with Crippen LogP contribution in [0.5, 0.6) is 0 Å². The Kier molecular flexibility index (Phi) is 6.13. The van der Waals surface area contributed by atoms with E-state index in [0.717, 1.165) is 49.6 Å². The number of hydrogen-bond acceptors (Lipinski definition) is 6. The predicted octanol–water partition coefficient (Wildman–Crippen LogP) is 3.39. The van der Waals surface area contributed by atoms with Gasteiger partial charge in [-0.05, 0) is 62.9 Å². The Morgan fingerprint density at radius 3 is 2.80 bits per heavy atom. The lowest BCUT2D eigenvalue weighted by Gasteiger charge is -2.39. The Labute approximate surface area is 182 Å². The van der Waals surface area contributed by atoms with Gasteiger partial charge in [0.05, 0.1) is 24.1 Å². The molecule has 0 amide bonds. The summed E-state index contributed by atoms with van der Waals surface area (Å²) in [4.78, 5) is 4.96. The summed E-state index contributed by atoms with van der Waals surface area (Å²) in [6, 6.07) is 12.7. The largest absolute Gasteiger partial charge is 0.375 e. The number of ether oxygens (including phenoxy) is 1. The van der Waals surface area contributed by atoms with Crippen LogP contribution in [0.1, 0.15) is 42.3 Å². The quantitative estimate of drug-likeness (QED) is 0.691. The molecule has 1 aliphatic carbocycles. The highest BCUT2D eigenvalue weighted by atomic mass is 35.5. The van der Waals surface area contributed by atoms with Gasteiger partial charge in [-0.15, -0.1) is 22.6 Å². The van der Waals surface area contributed by atoms with Crippen molar-refractivity contribution in [3.8, 4) is 17.2 Å². The zero-order valence-corrected chi connectivity index (χ0v) is 18.1. The summed E-state index contributed by atoms with van der Waals surface area (Å²) in [5.41, 5.74) is 3.82. The van der Waals surface area contributed by atoms with E-state index in [1.807, 2.05) is 23.7 Å². The topological polar surface area (TPSA) is 77.8 Å². The summed E-state index contributed by atoms with van der Waals surface area (Å²) in [6.45, 7) is 5.75. The standard InChI is InChI=1S/C22H26N6O.ClH/c1-14-4-3-5-17(12-14)28-22(16-7-9-20-19(13-16)23-10-11-29-20)24-21(27-28)18-8-6-15(2)25-26-18;/h3-6,8,12,16,19-20,23H,7,9-11,13H2,1-2H3;1H/t16-,19+,20+;/m0./s1. The minimum absolute atomic E-state index is 0. The average molecular weight is 427 g/mol. The third-order valence-electron chi connectivity index (χ3n) is 5.90. The van der Waals surface area contributed by atoms with Gasteiger partial charge >= 0.3 is 0 Å². The molecule has 1 N–H and O–H groups in total. The molecular formula is C22H27ClN6O. The van der Waals surface area contributed by atoms with Crippen LogP contribution in [0.3, 0.4) is 0 Å². The van der Waals surface area contributed by atoms with Crippen LogP contribution in [-0.2, 0) is 4.74 Å². The Bertz CT molecular complexity index is 1010. The summed E-state index contributed by atoms with van der Waals surface area (Å²) in [5, 5.41) is 17.0. The fourth-order valence-electron chi connectivity index (χ4n) is 4.41.